The third-order valence-corrected chi connectivity index (χ3v) is 5.57. The summed E-state index contributed by atoms with van der Waals surface area (Å²) >= 11 is 0. The van der Waals surface area contributed by atoms with Crippen molar-refractivity contribution in [2.75, 3.05) is 20.2 Å². The molecule has 1 saturated heterocycles. The van der Waals surface area contributed by atoms with E-state index >= 15 is 0 Å². The minimum absolute atomic E-state index is 0.222. The van der Waals surface area contributed by atoms with Gasteiger partial charge in [-0.25, -0.2) is 13.2 Å². The first-order chi connectivity index (χ1) is 9.45. The Hall–Kier alpha value is -1.40. The molecule has 6 heteroatoms. The van der Waals surface area contributed by atoms with Gasteiger partial charge < -0.3 is 4.74 Å². The lowest BCUT2D eigenvalue weighted by atomic mass is 10.0. The molecule has 0 saturated carbocycles. The summed E-state index contributed by atoms with van der Waals surface area (Å²) in [6.45, 7) is 3.25. The molecule has 1 heterocycles. The van der Waals surface area contributed by atoms with Crippen LogP contribution in [0.4, 0.5) is 0 Å². The van der Waals surface area contributed by atoms with Crippen molar-refractivity contribution in [3.8, 4) is 0 Å². The standard InChI is InChI=1S/C14H19NO4S/c1-11-7-9-15(10-8-11)20(17,18)13-5-3-12(4-6-13)14(16)19-2/h3-6,11H,7-10H2,1-2H3. The van der Waals surface area contributed by atoms with Crippen LogP contribution >= 0.6 is 0 Å². The number of piperidine rings is 1. The van der Waals surface area contributed by atoms with Crippen LogP contribution in [0, 0.1) is 5.92 Å². The lowest BCUT2D eigenvalue weighted by Crippen LogP contribution is -2.37. The highest BCUT2D eigenvalue weighted by Crippen LogP contribution is 2.23. The van der Waals surface area contributed by atoms with E-state index in [1.165, 1.54) is 35.7 Å². The van der Waals surface area contributed by atoms with Crippen molar-refractivity contribution in [2.45, 2.75) is 24.7 Å². The van der Waals surface area contributed by atoms with Crippen LogP contribution in [0.2, 0.25) is 0 Å². The molecule has 1 aliphatic heterocycles. The molecule has 20 heavy (non-hydrogen) atoms. The minimum atomic E-state index is -3.45. The van der Waals surface area contributed by atoms with Crippen LogP contribution < -0.4 is 0 Å². The fourth-order valence-electron chi connectivity index (χ4n) is 2.26. The first-order valence-corrected chi connectivity index (χ1v) is 8.07. The van der Waals surface area contributed by atoms with Gasteiger partial charge in [0.05, 0.1) is 17.6 Å². The van der Waals surface area contributed by atoms with Crippen LogP contribution in [0.1, 0.15) is 30.1 Å². The molecule has 0 atom stereocenters. The van der Waals surface area contributed by atoms with Crippen LogP contribution in [-0.2, 0) is 14.8 Å². The van der Waals surface area contributed by atoms with Gasteiger partial charge in [0.2, 0.25) is 10.0 Å². The van der Waals surface area contributed by atoms with E-state index in [1.54, 1.807) is 0 Å². The molecule has 0 N–H and O–H groups in total. The Bertz CT molecular complexity index is 572. The number of carbonyl (C=O) groups is 1. The number of hydrogen-bond donors (Lipinski definition) is 0. The monoisotopic (exact) mass is 297 g/mol. The van der Waals surface area contributed by atoms with E-state index in [0.717, 1.165) is 12.8 Å². The molecule has 0 amide bonds. The van der Waals surface area contributed by atoms with Gasteiger partial charge in [-0.1, -0.05) is 6.92 Å². The zero-order chi connectivity index (χ0) is 14.8. The average molecular weight is 297 g/mol. The van der Waals surface area contributed by atoms with Crippen molar-refractivity contribution in [2.24, 2.45) is 5.92 Å². The average Bonchev–Trinajstić information content (AvgIpc) is 2.47. The number of ether oxygens (including phenoxy) is 1. The Balaban J connectivity index is 2.19. The molecule has 110 valence electrons. The van der Waals surface area contributed by atoms with Crippen LogP contribution in [-0.4, -0.2) is 38.9 Å². The summed E-state index contributed by atoms with van der Waals surface area (Å²) in [7, 11) is -2.16. The molecule has 0 unspecified atom stereocenters. The summed E-state index contributed by atoms with van der Waals surface area (Å²) in [5.41, 5.74) is 0.346. The van der Waals surface area contributed by atoms with E-state index in [1.807, 2.05) is 0 Å². The minimum Gasteiger partial charge on any atom is -0.465 e. The van der Waals surface area contributed by atoms with Gasteiger partial charge in [0.25, 0.3) is 0 Å². The summed E-state index contributed by atoms with van der Waals surface area (Å²) in [5, 5.41) is 0. The molecule has 5 nitrogen and oxygen atoms in total. The Morgan fingerprint density at radius 2 is 1.75 bits per heavy atom. The molecule has 0 aromatic heterocycles. The lowest BCUT2D eigenvalue weighted by Gasteiger charge is -2.29. The van der Waals surface area contributed by atoms with Gasteiger partial charge in [0.1, 0.15) is 0 Å². The number of esters is 1. The van der Waals surface area contributed by atoms with Gasteiger partial charge in [-0.3, -0.25) is 0 Å². The molecule has 1 aromatic carbocycles. The highest BCUT2D eigenvalue weighted by molar-refractivity contribution is 7.89. The predicted molar refractivity (Wildman–Crippen MR) is 74.9 cm³/mol. The molecule has 0 bridgehead atoms. The Kier molecular flexibility index (Phi) is 4.45. The van der Waals surface area contributed by atoms with Gasteiger partial charge in [-0.2, -0.15) is 4.31 Å². The summed E-state index contributed by atoms with van der Waals surface area (Å²) in [4.78, 5) is 11.6. The van der Waals surface area contributed by atoms with E-state index in [-0.39, 0.29) is 4.90 Å². The van der Waals surface area contributed by atoms with Gasteiger partial charge in [-0.15, -0.1) is 0 Å². The summed E-state index contributed by atoms with van der Waals surface area (Å²) < 4.78 is 31.0. The molecule has 0 aliphatic carbocycles. The molecule has 1 fully saturated rings. The predicted octanol–water partition coefficient (Wildman–Crippen LogP) is 1.89. The van der Waals surface area contributed by atoms with Crippen molar-refractivity contribution in [1.29, 1.82) is 0 Å². The fourth-order valence-corrected chi connectivity index (χ4v) is 3.72. The lowest BCUT2D eigenvalue weighted by molar-refractivity contribution is 0.0600. The topological polar surface area (TPSA) is 63.7 Å². The van der Waals surface area contributed by atoms with Gasteiger partial charge in [0.15, 0.2) is 0 Å². The summed E-state index contributed by atoms with van der Waals surface area (Å²) in [6.07, 6.45) is 1.78. The Morgan fingerprint density at radius 3 is 2.25 bits per heavy atom. The molecule has 0 radical (unpaired) electrons. The zero-order valence-electron chi connectivity index (χ0n) is 11.7. The van der Waals surface area contributed by atoms with Crippen LogP contribution in [0.25, 0.3) is 0 Å². The molecule has 1 aromatic rings. The van der Waals surface area contributed by atoms with Crippen molar-refractivity contribution >= 4 is 16.0 Å². The van der Waals surface area contributed by atoms with Crippen molar-refractivity contribution < 1.29 is 17.9 Å². The number of benzene rings is 1. The second-order valence-electron chi connectivity index (χ2n) is 5.10. The number of nitrogens with zero attached hydrogens (tertiary/aromatic N) is 1. The fraction of sp³-hybridized carbons (Fsp3) is 0.500. The largest absolute Gasteiger partial charge is 0.465 e. The number of methoxy groups -OCH3 is 1. The van der Waals surface area contributed by atoms with E-state index in [0.29, 0.717) is 24.6 Å². The van der Waals surface area contributed by atoms with E-state index in [9.17, 15) is 13.2 Å². The van der Waals surface area contributed by atoms with Crippen molar-refractivity contribution in [3.63, 3.8) is 0 Å². The van der Waals surface area contributed by atoms with E-state index in [4.69, 9.17) is 0 Å². The first kappa shape index (κ1) is 15.0. The van der Waals surface area contributed by atoms with Gasteiger partial charge in [0, 0.05) is 13.1 Å². The van der Waals surface area contributed by atoms with Crippen molar-refractivity contribution in [3.05, 3.63) is 29.8 Å². The SMILES string of the molecule is COC(=O)c1ccc(S(=O)(=O)N2CCC(C)CC2)cc1. The normalized spacial score (nSPS) is 17.9. The Morgan fingerprint density at radius 1 is 1.20 bits per heavy atom. The Labute approximate surface area is 119 Å². The molecular formula is C14H19NO4S. The van der Waals surface area contributed by atoms with Gasteiger partial charge >= 0.3 is 5.97 Å². The van der Waals surface area contributed by atoms with Gasteiger partial charge in [-0.05, 0) is 43.0 Å². The second-order valence-corrected chi connectivity index (χ2v) is 7.04. The summed E-state index contributed by atoms with van der Waals surface area (Å²) in [6, 6.07) is 5.87. The first-order valence-electron chi connectivity index (χ1n) is 6.63. The quantitative estimate of drug-likeness (QED) is 0.799. The third kappa shape index (κ3) is 3.02. The highest BCUT2D eigenvalue weighted by Gasteiger charge is 2.28. The highest BCUT2D eigenvalue weighted by atomic mass is 32.2. The number of carbonyl (C=O) groups excluding carboxylic acids is 1. The van der Waals surface area contributed by atoms with Crippen LogP contribution in [0.3, 0.4) is 0 Å². The second kappa shape index (κ2) is 5.93. The zero-order valence-corrected chi connectivity index (χ0v) is 12.5. The number of hydrogen-bond acceptors (Lipinski definition) is 4. The van der Waals surface area contributed by atoms with Crippen LogP contribution in [0.15, 0.2) is 29.2 Å². The van der Waals surface area contributed by atoms with Crippen LogP contribution in [0.5, 0.6) is 0 Å². The maximum Gasteiger partial charge on any atom is 0.337 e. The third-order valence-electron chi connectivity index (χ3n) is 3.66. The van der Waals surface area contributed by atoms with E-state index in [2.05, 4.69) is 11.7 Å². The van der Waals surface area contributed by atoms with Crippen molar-refractivity contribution in [1.82, 2.24) is 4.31 Å². The number of sulfonamides is 1. The van der Waals surface area contributed by atoms with E-state index < -0.39 is 16.0 Å². The molecular weight excluding hydrogens is 278 g/mol. The smallest absolute Gasteiger partial charge is 0.337 e. The maximum absolute atomic E-state index is 12.5. The molecule has 1 aliphatic rings. The number of rotatable bonds is 3. The molecule has 0 spiro atoms. The summed E-state index contributed by atoms with van der Waals surface area (Å²) in [5.74, 6) is 0.101. The maximum atomic E-state index is 12.5. The molecule has 2 rings (SSSR count).